The molecule has 1 atom stereocenters. The Hall–Kier alpha value is -0.900. The average molecular weight is 279 g/mol. The van der Waals surface area contributed by atoms with Crippen molar-refractivity contribution in [2.24, 2.45) is 5.92 Å². The van der Waals surface area contributed by atoms with E-state index >= 15 is 0 Å². The summed E-state index contributed by atoms with van der Waals surface area (Å²) in [5.41, 5.74) is 0. The fraction of sp³-hybridized carbons (Fsp3) is 0.875. The molecule has 1 aromatic heterocycles. The Morgan fingerprint density at radius 2 is 1.90 bits per heavy atom. The van der Waals surface area contributed by atoms with Crippen LogP contribution < -0.4 is 5.32 Å². The van der Waals surface area contributed by atoms with Crippen molar-refractivity contribution < 1.29 is 4.52 Å². The molecule has 20 heavy (non-hydrogen) atoms. The van der Waals surface area contributed by atoms with Gasteiger partial charge in [-0.15, -0.1) is 0 Å². The van der Waals surface area contributed by atoms with E-state index in [9.17, 15) is 0 Å². The highest BCUT2D eigenvalue weighted by molar-refractivity contribution is 4.97. The number of nitrogens with one attached hydrogen (secondary N) is 1. The first kappa shape index (κ1) is 15.5. The van der Waals surface area contributed by atoms with Crippen LogP contribution in [0.5, 0.6) is 0 Å². The number of aromatic nitrogens is 2. The highest BCUT2D eigenvalue weighted by Crippen LogP contribution is 2.29. The molecule has 114 valence electrons. The van der Waals surface area contributed by atoms with E-state index in [4.69, 9.17) is 4.52 Å². The van der Waals surface area contributed by atoms with Gasteiger partial charge in [0.05, 0.1) is 0 Å². The molecule has 1 saturated carbocycles. The van der Waals surface area contributed by atoms with Gasteiger partial charge in [-0.1, -0.05) is 44.7 Å². The number of nitrogens with zero attached hydrogens (tertiary/aromatic N) is 2. The Morgan fingerprint density at radius 3 is 2.50 bits per heavy atom. The monoisotopic (exact) mass is 279 g/mol. The molecule has 1 N–H and O–H groups in total. The summed E-state index contributed by atoms with van der Waals surface area (Å²) in [7, 11) is 2.01. The minimum absolute atomic E-state index is 0.428. The van der Waals surface area contributed by atoms with Gasteiger partial charge < -0.3 is 9.84 Å². The van der Waals surface area contributed by atoms with E-state index in [1.807, 2.05) is 7.05 Å². The van der Waals surface area contributed by atoms with E-state index in [-0.39, 0.29) is 0 Å². The van der Waals surface area contributed by atoms with Crippen molar-refractivity contribution in [1.82, 2.24) is 15.5 Å². The molecular weight excluding hydrogens is 250 g/mol. The maximum atomic E-state index is 5.47. The van der Waals surface area contributed by atoms with E-state index in [0.717, 1.165) is 24.6 Å². The maximum absolute atomic E-state index is 5.47. The number of hydrogen-bond acceptors (Lipinski definition) is 4. The molecule has 0 spiro atoms. The summed E-state index contributed by atoms with van der Waals surface area (Å²) < 4.78 is 5.47. The molecule has 2 rings (SSSR count). The maximum Gasteiger partial charge on any atom is 0.228 e. The van der Waals surface area contributed by atoms with Gasteiger partial charge in [-0.2, -0.15) is 4.98 Å². The van der Waals surface area contributed by atoms with Gasteiger partial charge in [-0.25, -0.2) is 0 Å². The van der Waals surface area contributed by atoms with Gasteiger partial charge in [0.1, 0.15) is 0 Å². The fourth-order valence-electron chi connectivity index (χ4n) is 3.14. The van der Waals surface area contributed by atoms with Crippen LogP contribution in [-0.4, -0.2) is 23.2 Å². The first-order valence-corrected chi connectivity index (χ1v) is 8.18. The smallest absolute Gasteiger partial charge is 0.228 e. The summed E-state index contributed by atoms with van der Waals surface area (Å²) >= 11 is 0. The summed E-state index contributed by atoms with van der Waals surface area (Å²) in [4.78, 5) is 4.65. The van der Waals surface area contributed by atoms with Crippen LogP contribution in [0.2, 0.25) is 0 Å². The van der Waals surface area contributed by atoms with E-state index < -0.39 is 0 Å². The van der Waals surface area contributed by atoms with Gasteiger partial charge in [0.25, 0.3) is 0 Å². The summed E-state index contributed by atoms with van der Waals surface area (Å²) in [5.74, 6) is 2.94. The molecule has 0 saturated heterocycles. The van der Waals surface area contributed by atoms with Crippen LogP contribution in [0.15, 0.2) is 4.52 Å². The quantitative estimate of drug-likeness (QED) is 0.807. The average Bonchev–Trinajstić information content (AvgIpc) is 2.71. The molecule has 1 aliphatic rings. The van der Waals surface area contributed by atoms with Crippen LogP contribution >= 0.6 is 0 Å². The lowest BCUT2D eigenvalue weighted by Crippen LogP contribution is -2.29. The molecule has 1 fully saturated rings. The lowest BCUT2D eigenvalue weighted by atomic mass is 9.99. The zero-order valence-electron chi connectivity index (χ0n) is 13.2. The minimum atomic E-state index is 0.428. The SMILES string of the molecule is CNC(Cc1nc(C2CCCCCC2)no1)CC(C)C. The first-order chi connectivity index (χ1) is 9.69. The second-order valence-corrected chi connectivity index (χ2v) is 6.55. The fourth-order valence-corrected chi connectivity index (χ4v) is 3.14. The van der Waals surface area contributed by atoms with Crippen LogP contribution in [0.4, 0.5) is 0 Å². The highest BCUT2D eigenvalue weighted by atomic mass is 16.5. The zero-order chi connectivity index (χ0) is 14.4. The van der Waals surface area contributed by atoms with Gasteiger partial charge in [-0.05, 0) is 32.2 Å². The van der Waals surface area contributed by atoms with E-state index in [2.05, 4.69) is 29.3 Å². The van der Waals surface area contributed by atoms with E-state index in [1.54, 1.807) is 0 Å². The molecule has 4 heteroatoms. The van der Waals surface area contributed by atoms with Gasteiger partial charge in [0.2, 0.25) is 5.89 Å². The van der Waals surface area contributed by atoms with E-state index in [0.29, 0.717) is 17.9 Å². The topological polar surface area (TPSA) is 51.0 Å². The Bertz CT molecular complexity index is 381. The molecule has 1 heterocycles. The Kier molecular flexibility index (Phi) is 6.02. The Labute approximate surface area is 122 Å². The molecule has 0 amide bonds. The third-order valence-electron chi connectivity index (χ3n) is 4.29. The van der Waals surface area contributed by atoms with Crippen LogP contribution in [0, 0.1) is 5.92 Å². The summed E-state index contributed by atoms with van der Waals surface area (Å²) in [6.07, 6.45) is 9.75. The van der Waals surface area contributed by atoms with Crippen molar-refractivity contribution in [3.63, 3.8) is 0 Å². The van der Waals surface area contributed by atoms with Gasteiger partial charge >= 0.3 is 0 Å². The van der Waals surface area contributed by atoms with E-state index in [1.165, 1.54) is 38.5 Å². The molecule has 4 nitrogen and oxygen atoms in total. The molecule has 0 aromatic carbocycles. The van der Waals surface area contributed by atoms with Gasteiger partial charge in [0.15, 0.2) is 5.82 Å². The first-order valence-electron chi connectivity index (χ1n) is 8.18. The summed E-state index contributed by atoms with van der Waals surface area (Å²) in [5, 5.41) is 7.59. The minimum Gasteiger partial charge on any atom is -0.339 e. The van der Waals surface area contributed by atoms with Crippen molar-refractivity contribution in [3.8, 4) is 0 Å². The highest BCUT2D eigenvalue weighted by Gasteiger charge is 2.21. The zero-order valence-corrected chi connectivity index (χ0v) is 13.2. The third kappa shape index (κ3) is 4.58. The van der Waals surface area contributed by atoms with Crippen molar-refractivity contribution in [2.75, 3.05) is 7.05 Å². The van der Waals surface area contributed by atoms with Crippen molar-refractivity contribution in [1.29, 1.82) is 0 Å². The summed E-state index contributed by atoms with van der Waals surface area (Å²) in [6, 6.07) is 0.428. The van der Waals surface area contributed by atoms with Gasteiger partial charge in [0, 0.05) is 18.4 Å². The van der Waals surface area contributed by atoms with Gasteiger partial charge in [-0.3, -0.25) is 0 Å². The molecule has 1 unspecified atom stereocenters. The lowest BCUT2D eigenvalue weighted by molar-refractivity contribution is 0.339. The number of hydrogen-bond donors (Lipinski definition) is 1. The Balaban J connectivity index is 1.93. The second kappa shape index (κ2) is 7.77. The van der Waals surface area contributed by atoms with Crippen molar-refractivity contribution in [2.45, 2.75) is 77.2 Å². The predicted octanol–water partition coefficient (Wildman–Crippen LogP) is 3.68. The normalized spacial score (nSPS) is 19.2. The molecule has 1 aromatic rings. The molecule has 0 bridgehead atoms. The molecule has 0 aliphatic heterocycles. The second-order valence-electron chi connectivity index (χ2n) is 6.55. The molecule has 0 radical (unpaired) electrons. The van der Waals surface area contributed by atoms with Crippen LogP contribution in [0.25, 0.3) is 0 Å². The lowest BCUT2D eigenvalue weighted by Gasteiger charge is -2.15. The number of rotatable bonds is 6. The van der Waals surface area contributed by atoms with Crippen LogP contribution in [0.1, 0.15) is 76.4 Å². The van der Waals surface area contributed by atoms with Crippen molar-refractivity contribution >= 4 is 0 Å². The summed E-state index contributed by atoms with van der Waals surface area (Å²) in [6.45, 7) is 4.49. The van der Waals surface area contributed by atoms with Crippen LogP contribution in [0.3, 0.4) is 0 Å². The van der Waals surface area contributed by atoms with Crippen LogP contribution in [-0.2, 0) is 6.42 Å². The standard InChI is InChI=1S/C16H29N3O/c1-12(2)10-14(17-3)11-15-18-16(19-20-15)13-8-6-4-5-7-9-13/h12-14,17H,4-11H2,1-3H3. The third-order valence-corrected chi connectivity index (χ3v) is 4.29. The molecular formula is C16H29N3O. The predicted molar refractivity (Wildman–Crippen MR) is 80.7 cm³/mol. The number of likely N-dealkylation sites (N-methyl/N-ethyl adjacent to an activating group) is 1. The Morgan fingerprint density at radius 1 is 1.20 bits per heavy atom. The molecule has 1 aliphatic carbocycles. The van der Waals surface area contributed by atoms with Crippen molar-refractivity contribution in [3.05, 3.63) is 11.7 Å². The largest absolute Gasteiger partial charge is 0.339 e.